The van der Waals surface area contributed by atoms with E-state index in [4.69, 9.17) is 0 Å². The Hall–Kier alpha value is -4.30. The lowest BCUT2D eigenvalue weighted by molar-refractivity contribution is -0.140. The number of nitrogens with one attached hydrogen (secondary N) is 1. The van der Waals surface area contributed by atoms with Crippen LogP contribution >= 0.6 is 11.3 Å². The standard InChI is InChI=1S/C35H35N3O4S/c1-22(2)19-27(36-33(40)31(23-11-5-3-6-12-23)24-13-7-4-8-14-24)35(42)37-18-17-28-32(37)29(39)20-38(28)34(41)26-21-43-30-16-10-9-15-25(26)30/h3-16,21-22,27-28,31-32H,17-20H2,1-2H3,(H,36,40)/t27-,28?,32?/m0/s1. The minimum Gasteiger partial charge on any atom is -0.343 e. The summed E-state index contributed by atoms with van der Waals surface area (Å²) in [5, 5.41) is 5.81. The van der Waals surface area contributed by atoms with E-state index >= 15 is 0 Å². The first kappa shape index (κ1) is 28.8. The Morgan fingerprint density at radius 2 is 1.51 bits per heavy atom. The van der Waals surface area contributed by atoms with Gasteiger partial charge in [-0.05, 0) is 36.0 Å². The van der Waals surface area contributed by atoms with Crippen LogP contribution in [-0.2, 0) is 14.4 Å². The molecular formula is C35H35N3O4S. The maximum atomic E-state index is 14.1. The minimum absolute atomic E-state index is 0.0204. The number of ketones is 1. The summed E-state index contributed by atoms with van der Waals surface area (Å²) in [4.78, 5) is 58.4. The van der Waals surface area contributed by atoms with E-state index in [1.807, 2.05) is 104 Å². The summed E-state index contributed by atoms with van der Waals surface area (Å²) in [7, 11) is 0. The Morgan fingerprint density at radius 3 is 2.16 bits per heavy atom. The van der Waals surface area contributed by atoms with E-state index in [-0.39, 0.29) is 42.0 Å². The van der Waals surface area contributed by atoms with E-state index in [2.05, 4.69) is 5.32 Å². The molecular weight excluding hydrogens is 558 g/mol. The van der Waals surface area contributed by atoms with E-state index in [1.54, 1.807) is 9.80 Å². The van der Waals surface area contributed by atoms with Gasteiger partial charge < -0.3 is 15.1 Å². The smallest absolute Gasteiger partial charge is 0.256 e. The highest BCUT2D eigenvalue weighted by Gasteiger charge is 2.52. The number of amides is 3. The number of likely N-dealkylation sites (tertiary alicyclic amines) is 2. The maximum Gasteiger partial charge on any atom is 0.256 e. The fraction of sp³-hybridized carbons (Fsp3) is 0.314. The zero-order valence-electron chi connectivity index (χ0n) is 24.3. The predicted octanol–water partition coefficient (Wildman–Crippen LogP) is 5.26. The van der Waals surface area contributed by atoms with E-state index in [0.717, 1.165) is 21.2 Å². The highest BCUT2D eigenvalue weighted by molar-refractivity contribution is 7.17. The Balaban J connectivity index is 1.23. The first-order valence-corrected chi connectivity index (χ1v) is 15.7. The van der Waals surface area contributed by atoms with Gasteiger partial charge in [-0.1, -0.05) is 92.7 Å². The fourth-order valence-electron chi connectivity index (χ4n) is 6.57. The molecule has 3 atom stereocenters. The van der Waals surface area contributed by atoms with Gasteiger partial charge in [-0.3, -0.25) is 19.2 Å². The van der Waals surface area contributed by atoms with Crippen molar-refractivity contribution in [3.05, 3.63) is 107 Å². The van der Waals surface area contributed by atoms with Gasteiger partial charge in [0.2, 0.25) is 11.8 Å². The minimum atomic E-state index is -0.792. The molecule has 1 aromatic heterocycles. The number of carbonyl (C=O) groups excluding carboxylic acids is 4. The van der Waals surface area contributed by atoms with E-state index in [0.29, 0.717) is 24.9 Å². The molecule has 4 aromatic rings. The second-order valence-electron chi connectivity index (χ2n) is 11.8. The summed E-state index contributed by atoms with van der Waals surface area (Å²) in [5.74, 6) is -1.29. The number of carbonyl (C=O) groups is 4. The van der Waals surface area contributed by atoms with Crippen molar-refractivity contribution < 1.29 is 19.2 Å². The average molecular weight is 594 g/mol. The number of fused-ring (bicyclic) bond motifs is 2. The molecule has 2 aliphatic heterocycles. The molecule has 2 aliphatic rings. The van der Waals surface area contributed by atoms with Crippen LogP contribution in [-0.4, -0.2) is 64.5 Å². The van der Waals surface area contributed by atoms with Crippen molar-refractivity contribution >= 4 is 44.9 Å². The molecule has 2 fully saturated rings. The van der Waals surface area contributed by atoms with E-state index in [1.165, 1.54) is 11.3 Å². The number of benzene rings is 3. The second kappa shape index (κ2) is 12.1. The molecule has 3 amide bonds. The zero-order chi connectivity index (χ0) is 30.1. The molecule has 7 nitrogen and oxygen atoms in total. The molecule has 8 heteroatoms. The van der Waals surface area contributed by atoms with Gasteiger partial charge in [0, 0.05) is 22.0 Å². The van der Waals surface area contributed by atoms with Gasteiger partial charge >= 0.3 is 0 Å². The molecule has 3 heterocycles. The number of hydrogen-bond acceptors (Lipinski definition) is 5. The highest BCUT2D eigenvalue weighted by atomic mass is 32.1. The molecule has 0 radical (unpaired) electrons. The van der Waals surface area contributed by atoms with Crippen LogP contribution < -0.4 is 5.32 Å². The summed E-state index contributed by atoms with van der Waals surface area (Å²) < 4.78 is 1.02. The fourth-order valence-corrected chi connectivity index (χ4v) is 7.51. The van der Waals surface area contributed by atoms with Crippen LogP contribution in [0.3, 0.4) is 0 Å². The molecule has 3 aromatic carbocycles. The zero-order valence-corrected chi connectivity index (χ0v) is 25.1. The molecule has 43 heavy (non-hydrogen) atoms. The van der Waals surface area contributed by atoms with Crippen LogP contribution in [0.5, 0.6) is 0 Å². The Labute approximate surface area is 255 Å². The third-order valence-electron chi connectivity index (χ3n) is 8.53. The van der Waals surface area contributed by atoms with Crippen LogP contribution in [0.4, 0.5) is 0 Å². The Morgan fingerprint density at radius 1 is 0.884 bits per heavy atom. The molecule has 220 valence electrons. The van der Waals surface area contributed by atoms with Crippen molar-refractivity contribution in [2.24, 2.45) is 5.92 Å². The summed E-state index contributed by atoms with van der Waals surface area (Å²) in [6.45, 7) is 4.36. The summed E-state index contributed by atoms with van der Waals surface area (Å²) in [6, 6.07) is 25.0. The van der Waals surface area contributed by atoms with E-state index < -0.39 is 18.0 Å². The van der Waals surface area contributed by atoms with Crippen LogP contribution in [0.1, 0.15) is 54.1 Å². The second-order valence-corrected chi connectivity index (χ2v) is 12.7. The molecule has 2 unspecified atom stereocenters. The summed E-state index contributed by atoms with van der Waals surface area (Å²) in [6.07, 6.45) is 0.960. The third kappa shape index (κ3) is 5.59. The molecule has 0 spiro atoms. The molecule has 1 N–H and O–H groups in total. The lowest BCUT2D eigenvalue weighted by atomic mass is 9.90. The number of hydrogen-bond donors (Lipinski definition) is 1. The van der Waals surface area contributed by atoms with Gasteiger partial charge in [-0.2, -0.15) is 0 Å². The normalized spacial score (nSPS) is 18.8. The number of thiophene rings is 1. The molecule has 0 aliphatic carbocycles. The van der Waals surface area contributed by atoms with Crippen LogP contribution in [0, 0.1) is 5.92 Å². The first-order valence-electron chi connectivity index (χ1n) is 14.8. The Kier molecular flexibility index (Phi) is 8.13. The first-order chi connectivity index (χ1) is 20.8. The van der Waals surface area contributed by atoms with Gasteiger partial charge in [-0.15, -0.1) is 11.3 Å². The van der Waals surface area contributed by atoms with Gasteiger partial charge in [0.05, 0.1) is 24.1 Å². The van der Waals surface area contributed by atoms with Crippen LogP contribution in [0.25, 0.3) is 10.1 Å². The largest absolute Gasteiger partial charge is 0.343 e. The molecule has 6 rings (SSSR count). The molecule has 0 bridgehead atoms. The molecule has 0 saturated carbocycles. The van der Waals surface area contributed by atoms with Crippen molar-refractivity contribution in [3.8, 4) is 0 Å². The lowest BCUT2D eigenvalue weighted by Crippen LogP contribution is -2.53. The van der Waals surface area contributed by atoms with Gasteiger partial charge in [0.15, 0.2) is 5.78 Å². The van der Waals surface area contributed by atoms with Gasteiger partial charge in [0.1, 0.15) is 12.1 Å². The lowest BCUT2D eigenvalue weighted by Gasteiger charge is -2.30. The predicted molar refractivity (Wildman–Crippen MR) is 168 cm³/mol. The summed E-state index contributed by atoms with van der Waals surface area (Å²) >= 11 is 1.51. The summed E-state index contributed by atoms with van der Waals surface area (Å²) in [5.41, 5.74) is 2.27. The van der Waals surface area contributed by atoms with Gasteiger partial charge in [0.25, 0.3) is 5.91 Å². The number of Topliss-reactive ketones (excluding diaryl/α,β-unsaturated/α-hetero) is 1. The maximum absolute atomic E-state index is 14.1. The van der Waals surface area contributed by atoms with Crippen LogP contribution in [0.15, 0.2) is 90.3 Å². The van der Waals surface area contributed by atoms with Crippen molar-refractivity contribution in [1.82, 2.24) is 15.1 Å². The van der Waals surface area contributed by atoms with Crippen molar-refractivity contribution in [1.29, 1.82) is 0 Å². The van der Waals surface area contributed by atoms with Gasteiger partial charge in [-0.25, -0.2) is 0 Å². The van der Waals surface area contributed by atoms with Crippen molar-refractivity contribution in [3.63, 3.8) is 0 Å². The Bertz CT molecular complexity index is 1610. The van der Waals surface area contributed by atoms with Crippen LogP contribution in [0.2, 0.25) is 0 Å². The average Bonchev–Trinajstić information content (AvgIpc) is 3.72. The van der Waals surface area contributed by atoms with Crippen molar-refractivity contribution in [2.75, 3.05) is 13.1 Å². The third-order valence-corrected chi connectivity index (χ3v) is 9.49. The SMILES string of the molecule is CC(C)C[C@H](NC(=O)C(c1ccccc1)c1ccccc1)C(=O)N1CCC2C1C(=O)CN2C(=O)c1csc2ccccc12. The van der Waals surface area contributed by atoms with E-state index in [9.17, 15) is 19.2 Å². The number of nitrogens with zero attached hydrogens (tertiary/aromatic N) is 2. The highest BCUT2D eigenvalue weighted by Crippen LogP contribution is 2.34. The monoisotopic (exact) mass is 593 g/mol. The molecule has 2 saturated heterocycles. The van der Waals surface area contributed by atoms with Crippen molar-refractivity contribution in [2.45, 2.75) is 50.7 Å². The quantitative estimate of drug-likeness (QED) is 0.302. The number of rotatable bonds is 8. The topological polar surface area (TPSA) is 86.8 Å².